The number of aliphatic carboxylic acids is 1. The van der Waals surface area contributed by atoms with Gasteiger partial charge in [0.05, 0.1) is 12.3 Å². The number of halogens is 3. The number of carboxylic acid groups (broad SMARTS) is 1. The van der Waals surface area contributed by atoms with E-state index in [2.05, 4.69) is 0 Å². The Labute approximate surface area is 89.1 Å². The third kappa shape index (κ3) is 3.15. The summed E-state index contributed by atoms with van der Waals surface area (Å²) in [5, 5.41) is 17.5. The Morgan fingerprint density at radius 3 is 2.44 bits per heavy atom. The molecule has 0 amide bonds. The molecule has 1 atom stereocenters. The molecule has 0 saturated heterocycles. The van der Waals surface area contributed by atoms with Gasteiger partial charge in [0, 0.05) is 0 Å². The van der Waals surface area contributed by atoms with Crippen molar-refractivity contribution in [3.8, 4) is 5.75 Å². The number of aromatic hydroxyl groups is 1. The van der Waals surface area contributed by atoms with Crippen LogP contribution in [0.25, 0.3) is 0 Å². The maximum Gasteiger partial charge on any atom is 0.396 e. The molecule has 0 aliphatic heterocycles. The standard InChI is InChI=1S/C10H9F3O3/c11-10(12,13)8(5-9(15)16)6-2-1-3-7(14)4-6/h1-4,8,14H,5H2,(H,15,16)/t8-/m1/s1. The zero-order chi connectivity index (χ0) is 12.3. The van der Waals surface area contributed by atoms with E-state index in [4.69, 9.17) is 10.2 Å². The van der Waals surface area contributed by atoms with Crippen molar-refractivity contribution in [2.75, 3.05) is 0 Å². The molecule has 0 spiro atoms. The summed E-state index contributed by atoms with van der Waals surface area (Å²) in [6.45, 7) is 0. The van der Waals surface area contributed by atoms with Crippen molar-refractivity contribution in [3.63, 3.8) is 0 Å². The van der Waals surface area contributed by atoms with Crippen LogP contribution in [0.15, 0.2) is 24.3 Å². The van der Waals surface area contributed by atoms with Crippen molar-refractivity contribution >= 4 is 5.97 Å². The van der Waals surface area contributed by atoms with Crippen molar-refractivity contribution < 1.29 is 28.2 Å². The molecule has 1 rings (SSSR count). The molecule has 1 aromatic carbocycles. The minimum Gasteiger partial charge on any atom is -0.508 e. The second-order valence-corrected chi connectivity index (χ2v) is 3.29. The van der Waals surface area contributed by atoms with Gasteiger partial charge in [0.2, 0.25) is 0 Å². The number of alkyl halides is 3. The van der Waals surface area contributed by atoms with Gasteiger partial charge in [-0.25, -0.2) is 0 Å². The third-order valence-electron chi connectivity index (χ3n) is 2.05. The van der Waals surface area contributed by atoms with Gasteiger partial charge in [-0.15, -0.1) is 0 Å². The van der Waals surface area contributed by atoms with Gasteiger partial charge >= 0.3 is 12.1 Å². The van der Waals surface area contributed by atoms with Crippen LogP contribution in [0.5, 0.6) is 5.75 Å². The number of hydrogen-bond acceptors (Lipinski definition) is 2. The Morgan fingerprint density at radius 2 is 2.00 bits per heavy atom. The molecule has 6 heteroatoms. The second kappa shape index (κ2) is 4.42. The number of carbonyl (C=O) groups is 1. The predicted octanol–water partition coefficient (Wildman–Crippen LogP) is 2.51. The summed E-state index contributed by atoms with van der Waals surface area (Å²) in [6, 6.07) is 4.52. The lowest BCUT2D eigenvalue weighted by atomic mass is 9.95. The highest BCUT2D eigenvalue weighted by Gasteiger charge is 2.42. The quantitative estimate of drug-likeness (QED) is 0.844. The van der Waals surface area contributed by atoms with Crippen molar-refractivity contribution in [3.05, 3.63) is 29.8 Å². The third-order valence-corrected chi connectivity index (χ3v) is 2.05. The second-order valence-electron chi connectivity index (χ2n) is 3.29. The number of phenolic OH excluding ortho intramolecular Hbond substituents is 1. The number of carboxylic acids is 1. The molecule has 0 heterocycles. The Balaban J connectivity index is 3.06. The van der Waals surface area contributed by atoms with Crippen LogP contribution in [0.1, 0.15) is 17.9 Å². The lowest BCUT2D eigenvalue weighted by molar-refractivity contribution is -0.163. The summed E-state index contributed by atoms with van der Waals surface area (Å²) in [6.07, 6.45) is -5.70. The Morgan fingerprint density at radius 1 is 1.38 bits per heavy atom. The first-order chi connectivity index (χ1) is 7.30. The lowest BCUT2D eigenvalue weighted by Crippen LogP contribution is -2.23. The van der Waals surface area contributed by atoms with E-state index >= 15 is 0 Å². The van der Waals surface area contributed by atoms with E-state index in [9.17, 15) is 18.0 Å². The van der Waals surface area contributed by atoms with Gasteiger partial charge in [0.25, 0.3) is 0 Å². The van der Waals surface area contributed by atoms with Crippen molar-refractivity contribution in [2.24, 2.45) is 0 Å². The van der Waals surface area contributed by atoms with Gasteiger partial charge in [0.15, 0.2) is 0 Å². The first-order valence-electron chi connectivity index (χ1n) is 4.38. The van der Waals surface area contributed by atoms with Crippen LogP contribution in [-0.2, 0) is 4.79 Å². The van der Waals surface area contributed by atoms with Crippen molar-refractivity contribution in [1.82, 2.24) is 0 Å². The average Bonchev–Trinajstić information content (AvgIpc) is 2.12. The zero-order valence-electron chi connectivity index (χ0n) is 8.03. The smallest absolute Gasteiger partial charge is 0.396 e. The minimum atomic E-state index is -4.65. The fourth-order valence-corrected chi connectivity index (χ4v) is 1.34. The van der Waals surface area contributed by atoms with Crippen LogP contribution >= 0.6 is 0 Å². The molecule has 0 aliphatic carbocycles. The molecule has 0 bridgehead atoms. The SMILES string of the molecule is O=C(O)C[C@H](c1cccc(O)c1)C(F)(F)F. The Hall–Kier alpha value is -1.72. The van der Waals surface area contributed by atoms with E-state index < -0.39 is 24.5 Å². The van der Waals surface area contributed by atoms with Gasteiger partial charge in [-0.05, 0) is 17.7 Å². The van der Waals surface area contributed by atoms with Crippen molar-refractivity contribution in [1.29, 1.82) is 0 Å². The topological polar surface area (TPSA) is 57.5 Å². The molecule has 0 unspecified atom stereocenters. The first-order valence-corrected chi connectivity index (χ1v) is 4.38. The highest BCUT2D eigenvalue weighted by atomic mass is 19.4. The fraction of sp³-hybridized carbons (Fsp3) is 0.300. The van der Waals surface area contributed by atoms with Crippen LogP contribution in [-0.4, -0.2) is 22.4 Å². The first kappa shape index (κ1) is 12.4. The number of benzene rings is 1. The molecular formula is C10H9F3O3. The Bertz CT molecular complexity index is 387. The van der Waals surface area contributed by atoms with Gasteiger partial charge < -0.3 is 10.2 Å². The molecule has 1 aromatic rings. The van der Waals surface area contributed by atoms with Gasteiger partial charge in [-0.3, -0.25) is 4.79 Å². The van der Waals surface area contributed by atoms with Gasteiger partial charge in [-0.2, -0.15) is 13.2 Å². The molecule has 0 saturated carbocycles. The lowest BCUT2D eigenvalue weighted by Gasteiger charge is -2.18. The summed E-state index contributed by atoms with van der Waals surface area (Å²) < 4.78 is 37.7. The highest BCUT2D eigenvalue weighted by Crippen LogP contribution is 2.38. The van der Waals surface area contributed by atoms with Gasteiger partial charge in [0.1, 0.15) is 5.75 Å². The van der Waals surface area contributed by atoms with Crippen LogP contribution in [0.2, 0.25) is 0 Å². The molecule has 16 heavy (non-hydrogen) atoms. The molecular weight excluding hydrogens is 225 g/mol. The summed E-state index contributed by atoms with van der Waals surface area (Å²) in [4.78, 5) is 10.4. The molecule has 0 aliphatic rings. The number of hydrogen-bond donors (Lipinski definition) is 2. The van der Waals surface area contributed by atoms with Crippen LogP contribution < -0.4 is 0 Å². The monoisotopic (exact) mass is 234 g/mol. The summed E-state index contributed by atoms with van der Waals surface area (Å²) in [5.41, 5.74) is -0.255. The number of rotatable bonds is 3. The fourth-order valence-electron chi connectivity index (χ4n) is 1.34. The van der Waals surface area contributed by atoms with Crippen LogP contribution in [0.4, 0.5) is 13.2 Å². The molecule has 0 fully saturated rings. The summed E-state index contributed by atoms with van der Waals surface area (Å²) in [7, 11) is 0. The largest absolute Gasteiger partial charge is 0.508 e. The molecule has 0 aromatic heterocycles. The normalized spacial score (nSPS) is 13.4. The van der Waals surface area contributed by atoms with E-state index in [-0.39, 0.29) is 11.3 Å². The van der Waals surface area contributed by atoms with Crippen LogP contribution in [0, 0.1) is 0 Å². The zero-order valence-corrected chi connectivity index (χ0v) is 8.03. The van der Waals surface area contributed by atoms with E-state index in [1.165, 1.54) is 12.1 Å². The molecule has 2 N–H and O–H groups in total. The van der Waals surface area contributed by atoms with E-state index in [1.54, 1.807) is 0 Å². The van der Waals surface area contributed by atoms with E-state index in [0.717, 1.165) is 12.1 Å². The minimum absolute atomic E-state index is 0.255. The number of phenols is 1. The van der Waals surface area contributed by atoms with E-state index in [0.29, 0.717) is 0 Å². The van der Waals surface area contributed by atoms with E-state index in [1.807, 2.05) is 0 Å². The maximum absolute atomic E-state index is 12.6. The maximum atomic E-state index is 12.6. The predicted molar refractivity (Wildman–Crippen MR) is 49.2 cm³/mol. The van der Waals surface area contributed by atoms with Crippen LogP contribution in [0.3, 0.4) is 0 Å². The average molecular weight is 234 g/mol. The van der Waals surface area contributed by atoms with Gasteiger partial charge in [-0.1, -0.05) is 12.1 Å². The molecule has 3 nitrogen and oxygen atoms in total. The highest BCUT2D eigenvalue weighted by molar-refractivity contribution is 5.68. The summed E-state index contributed by atoms with van der Waals surface area (Å²) >= 11 is 0. The summed E-state index contributed by atoms with van der Waals surface area (Å²) in [5.74, 6) is -3.96. The molecule has 88 valence electrons. The molecule has 0 radical (unpaired) electrons. The Kier molecular flexibility index (Phi) is 3.41. The van der Waals surface area contributed by atoms with Crippen molar-refractivity contribution in [2.45, 2.75) is 18.5 Å².